The molecule has 3 aliphatic carbocycles. The quantitative estimate of drug-likeness (QED) is 0.550. The van der Waals surface area contributed by atoms with Crippen molar-refractivity contribution in [2.45, 2.75) is 83.7 Å². The van der Waals surface area contributed by atoms with Gasteiger partial charge in [-0.2, -0.15) is 0 Å². The molecule has 0 saturated heterocycles. The van der Waals surface area contributed by atoms with Crippen molar-refractivity contribution in [2.75, 3.05) is 33.7 Å². The smallest absolute Gasteiger partial charge is 0.332 e. The maximum Gasteiger partial charge on any atom is 0.332 e. The summed E-state index contributed by atoms with van der Waals surface area (Å²) >= 11 is 0. The summed E-state index contributed by atoms with van der Waals surface area (Å²) in [5, 5.41) is 3.68. The highest BCUT2D eigenvalue weighted by Gasteiger charge is 2.50. The van der Waals surface area contributed by atoms with Crippen LogP contribution in [0.25, 0.3) is 11.2 Å². The van der Waals surface area contributed by atoms with Crippen molar-refractivity contribution < 1.29 is 0 Å². The number of fused-ring (bicyclic) bond motifs is 4. The van der Waals surface area contributed by atoms with Gasteiger partial charge in [0.1, 0.15) is 11.3 Å². The molecule has 3 saturated carbocycles. The summed E-state index contributed by atoms with van der Waals surface area (Å²) in [6.07, 6.45) is 8.47. The minimum absolute atomic E-state index is 0.0134. The average molecular weight is 445 g/mol. The Bertz CT molecular complexity index is 1040. The summed E-state index contributed by atoms with van der Waals surface area (Å²) in [4.78, 5) is 36.7. The summed E-state index contributed by atoms with van der Waals surface area (Å²) in [6, 6.07) is 0. The zero-order valence-corrected chi connectivity index (χ0v) is 20.3. The molecule has 0 aliphatic heterocycles. The monoisotopic (exact) mass is 444 g/mol. The molecule has 8 nitrogen and oxygen atoms in total. The van der Waals surface area contributed by atoms with E-state index in [0.717, 1.165) is 57.6 Å². The third kappa shape index (κ3) is 4.07. The van der Waals surface area contributed by atoms with Crippen LogP contribution in [0, 0.1) is 5.41 Å². The standard InChI is InChI=1S/C24H40N6O2/c1-5-14-29-19-18(20(31)30(15-6-2)22(29)32)26-21(27-19)24-10-7-23(8-11-24,9-12-24)17-25-13-16-28(3)4/h25H,5-17H2,1-4H3,(H,26,27). The van der Waals surface area contributed by atoms with E-state index in [9.17, 15) is 9.59 Å². The van der Waals surface area contributed by atoms with Crippen molar-refractivity contribution in [3.63, 3.8) is 0 Å². The summed E-state index contributed by atoms with van der Waals surface area (Å²) < 4.78 is 3.08. The molecule has 2 heterocycles. The van der Waals surface area contributed by atoms with Crippen LogP contribution in [-0.2, 0) is 18.5 Å². The van der Waals surface area contributed by atoms with Gasteiger partial charge >= 0.3 is 5.69 Å². The number of hydrogen-bond acceptors (Lipinski definition) is 5. The molecule has 3 aliphatic rings. The lowest BCUT2D eigenvalue weighted by Crippen LogP contribution is -2.49. The third-order valence-corrected chi connectivity index (χ3v) is 7.90. The SMILES string of the molecule is CCCn1c(=O)c2[nH]c(C34CCC(CNCCN(C)C)(CC3)CC4)nc2n(CCC)c1=O. The van der Waals surface area contributed by atoms with Crippen LogP contribution in [0.4, 0.5) is 0 Å². The van der Waals surface area contributed by atoms with Crippen LogP contribution in [0.5, 0.6) is 0 Å². The van der Waals surface area contributed by atoms with Gasteiger partial charge in [0.25, 0.3) is 5.56 Å². The second-order valence-corrected chi connectivity index (χ2v) is 10.4. The Morgan fingerprint density at radius 3 is 2.22 bits per heavy atom. The zero-order chi connectivity index (χ0) is 22.9. The summed E-state index contributed by atoms with van der Waals surface area (Å²) in [6.45, 7) is 8.25. The number of aromatic amines is 1. The van der Waals surface area contributed by atoms with E-state index in [2.05, 4.69) is 29.3 Å². The Kier molecular flexibility index (Phi) is 6.63. The molecule has 0 aromatic carbocycles. The van der Waals surface area contributed by atoms with Gasteiger partial charge in [0.05, 0.1) is 0 Å². The van der Waals surface area contributed by atoms with Gasteiger partial charge in [-0.05, 0) is 70.9 Å². The number of nitrogens with zero attached hydrogens (tertiary/aromatic N) is 4. The number of hydrogen-bond donors (Lipinski definition) is 2. The molecule has 2 N–H and O–H groups in total. The first kappa shape index (κ1) is 23.2. The highest BCUT2D eigenvalue weighted by Crippen LogP contribution is 2.57. The second-order valence-electron chi connectivity index (χ2n) is 10.4. The second kappa shape index (κ2) is 9.14. The fraction of sp³-hybridized carbons (Fsp3) is 0.792. The number of nitrogens with one attached hydrogen (secondary N) is 2. The van der Waals surface area contributed by atoms with E-state index < -0.39 is 0 Å². The van der Waals surface area contributed by atoms with Gasteiger partial charge in [-0.3, -0.25) is 13.9 Å². The van der Waals surface area contributed by atoms with Crippen molar-refractivity contribution in [2.24, 2.45) is 5.41 Å². The molecule has 0 unspecified atom stereocenters. The first-order valence-electron chi connectivity index (χ1n) is 12.4. The highest BCUT2D eigenvalue weighted by molar-refractivity contribution is 5.70. The number of aryl methyl sites for hydroxylation is 1. The molecule has 178 valence electrons. The van der Waals surface area contributed by atoms with Gasteiger partial charge < -0.3 is 15.2 Å². The van der Waals surface area contributed by atoms with Crippen LogP contribution in [0.2, 0.25) is 0 Å². The van der Waals surface area contributed by atoms with Gasteiger partial charge in [0.2, 0.25) is 0 Å². The Morgan fingerprint density at radius 2 is 1.62 bits per heavy atom. The Balaban J connectivity index is 1.60. The minimum Gasteiger partial charge on any atom is -0.336 e. The van der Waals surface area contributed by atoms with Crippen LogP contribution in [0.1, 0.15) is 71.0 Å². The topological polar surface area (TPSA) is 87.9 Å². The molecule has 2 bridgehead atoms. The van der Waals surface area contributed by atoms with Crippen molar-refractivity contribution >= 4 is 11.2 Å². The van der Waals surface area contributed by atoms with Crippen molar-refractivity contribution in [3.8, 4) is 0 Å². The number of imidazole rings is 1. The summed E-state index contributed by atoms with van der Waals surface area (Å²) in [7, 11) is 4.22. The molecule has 32 heavy (non-hydrogen) atoms. The maximum atomic E-state index is 13.1. The predicted molar refractivity (Wildman–Crippen MR) is 128 cm³/mol. The summed E-state index contributed by atoms with van der Waals surface area (Å²) in [5.74, 6) is 0.928. The molecule has 8 heteroatoms. The van der Waals surface area contributed by atoms with Gasteiger partial charge in [0, 0.05) is 38.1 Å². The Labute approximate surface area is 190 Å². The maximum absolute atomic E-state index is 13.1. The largest absolute Gasteiger partial charge is 0.336 e. The van der Waals surface area contributed by atoms with E-state index in [1.165, 1.54) is 23.8 Å². The zero-order valence-electron chi connectivity index (χ0n) is 20.3. The van der Waals surface area contributed by atoms with E-state index in [1.807, 2.05) is 13.8 Å². The van der Waals surface area contributed by atoms with Gasteiger partial charge in [-0.25, -0.2) is 9.78 Å². The lowest BCUT2D eigenvalue weighted by molar-refractivity contribution is 0.0359. The fourth-order valence-electron chi connectivity index (χ4n) is 5.80. The molecular weight excluding hydrogens is 404 g/mol. The van der Waals surface area contributed by atoms with E-state index in [-0.39, 0.29) is 16.7 Å². The van der Waals surface area contributed by atoms with E-state index in [0.29, 0.717) is 29.7 Å². The van der Waals surface area contributed by atoms with E-state index in [1.54, 1.807) is 4.57 Å². The first-order valence-corrected chi connectivity index (χ1v) is 12.4. The van der Waals surface area contributed by atoms with E-state index in [4.69, 9.17) is 4.98 Å². The summed E-state index contributed by atoms with van der Waals surface area (Å²) in [5.41, 5.74) is 1.02. The normalized spacial score (nSPS) is 25.3. The number of rotatable bonds is 10. The third-order valence-electron chi connectivity index (χ3n) is 7.90. The molecule has 3 fully saturated rings. The van der Waals surface area contributed by atoms with Crippen LogP contribution in [-0.4, -0.2) is 57.7 Å². The first-order chi connectivity index (χ1) is 15.3. The lowest BCUT2D eigenvalue weighted by atomic mass is 9.53. The van der Waals surface area contributed by atoms with Gasteiger partial charge in [-0.1, -0.05) is 13.8 Å². The average Bonchev–Trinajstić information content (AvgIpc) is 3.25. The van der Waals surface area contributed by atoms with Crippen LogP contribution < -0.4 is 16.6 Å². The van der Waals surface area contributed by atoms with Gasteiger partial charge in [0.15, 0.2) is 5.65 Å². The molecule has 2 aromatic rings. The van der Waals surface area contributed by atoms with Crippen LogP contribution >= 0.6 is 0 Å². The van der Waals surface area contributed by atoms with Crippen LogP contribution in [0.3, 0.4) is 0 Å². The van der Waals surface area contributed by atoms with Crippen molar-refractivity contribution in [1.29, 1.82) is 0 Å². The predicted octanol–water partition coefficient (Wildman–Crippen LogP) is 2.45. The highest BCUT2D eigenvalue weighted by atomic mass is 16.2. The van der Waals surface area contributed by atoms with Crippen LogP contribution in [0.15, 0.2) is 9.59 Å². The lowest BCUT2D eigenvalue weighted by Gasteiger charge is -2.52. The molecule has 0 radical (unpaired) electrons. The Morgan fingerprint density at radius 1 is 1.00 bits per heavy atom. The molecule has 0 spiro atoms. The van der Waals surface area contributed by atoms with Crippen molar-refractivity contribution in [1.82, 2.24) is 29.3 Å². The molecular formula is C24H40N6O2. The van der Waals surface area contributed by atoms with Crippen molar-refractivity contribution in [3.05, 3.63) is 26.7 Å². The van der Waals surface area contributed by atoms with Gasteiger partial charge in [-0.15, -0.1) is 0 Å². The Hall–Kier alpha value is -1.93. The van der Waals surface area contributed by atoms with E-state index >= 15 is 0 Å². The minimum atomic E-state index is -0.225. The molecule has 0 atom stereocenters. The number of H-pyrrole nitrogens is 1. The number of aromatic nitrogens is 4. The molecule has 5 rings (SSSR count). The number of likely N-dealkylation sites (N-methyl/N-ethyl adjacent to an activating group) is 1. The molecule has 2 aromatic heterocycles. The molecule has 0 amide bonds. The fourth-order valence-corrected chi connectivity index (χ4v) is 5.80.